The molecule has 0 saturated heterocycles. The van der Waals surface area contributed by atoms with Gasteiger partial charge in [0.15, 0.2) is 0 Å². The molecular formula is C30H51N3O2S. The molecule has 0 aromatic rings. The van der Waals surface area contributed by atoms with Crippen LogP contribution in [-0.4, -0.2) is 30.5 Å². The van der Waals surface area contributed by atoms with Crippen LogP contribution in [0, 0.1) is 29.1 Å². The van der Waals surface area contributed by atoms with E-state index in [-0.39, 0.29) is 24.0 Å². The quantitative estimate of drug-likeness (QED) is 0.163. The summed E-state index contributed by atoms with van der Waals surface area (Å²) >= 11 is 1.74. The van der Waals surface area contributed by atoms with Crippen LogP contribution in [0.15, 0.2) is 46.6 Å². The lowest BCUT2D eigenvalue weighted by Gasteiger charge is -2.29. The van der Waals surface area contributed by atoms with Crippen molar-refractivity contribution >= 4 is 18.2 Å². The Hall–Kier alpha value is -1.97. The Bertz CT molecular complexity index is 797. The first-order chi connectivity index (χ1) is 17.1. The standard InChI is InChI=1S/C28H45N3O2S.C2H6/c1-9-30-24(7)22(5)23(6)27(16-29)20(3)12-10-11-19(2)13-14-28(33-18-32)21(4)15-26-17-34-25(8)31-26;1-2/h13,15,17-18,20,23-25,27-28,30-31H,5,9-12,14H2,1-4,6-8H3;1-2H3/b19-13-,21-15+;. The molecule has 0 amide bonds. The summed E-state index contributed by atoms with van der Waals surface area (Å²) in [5, 5.41) is 19.1. The molecule has 0 radical (unpaired) electrons. The van der Waals surface area contributed by atoms with Gasteiger partial charge in [0.2, 0.25) is 0 Å². The predicted molar refractivity (Wildman–Crippen MR) is 156 cm³/mol. The van der Waals surface area contributed by atoms with E-state index in [2.05, 4.69) is 82.4 Å². The van der Waals surface area contributed by atoms with Gasteiger partial charge in [-0.25, -0.2) is 0 Å². The second-order valence-electron chi connectivity index (χ2n) is 9.56. The molecule has 0 spiro atoms. The van der Waals surface area contributed by atoms with E-state index < -0.39 is 0 Å². The van der Waals surface area contributed by atoms with E-state index in [9.17, 15) is 10.1 Å². The molecule has 0 bridgehead atoms. The minimum atomic E-state index is -0.261. The molecule has 2 N–H and O–H groups in total. The third-order valence-corrected chi connectivity index (χ3v) is 7.66. The van der Waals surface area contributed by atoms with Crippen LogP contribution in [0.1, 0.15) is 88.0 Å². The molecule has 1 aliphatic heterocycles. The van der Waals surface area contributed by atoms with Gasteiger partial charge in [0, 0.05) is 18.2 Å². The molecule has 0 aromatic heterocycles. The van der Waals surface area contributed by atoms with E-state index in [4.69, 9.17) is 4.74 Å². The van der Waals surface area contributed by atoms with Gasteiger partial charge < -0.3 is 15.4 Å². The number of nitriles is 1. The fourth-order valence-corrected chi connectivity index (χ4v) is 5.09. The maximum absolute atomic E-state index is 11.0. The van der Waals surface area contributed by atoms with E-state index >= 15 is 0 Å². The highest BCUT2D eigenvalue weighted by Gasteiger charge is 2.27. The zero-order valence-corrected chi connectivity index (χ0v) is 25.0. The van der Waals surface area contributed by atoms with Crippen molar-refractivity contribution in [3.05, 3.63) is 46.6 Å². The molecule has 6 atom stereocenters. The first kappa shape index (κ1) is 34.0. The molecule has 1 aliphatic rings. The number of carbonyl (C=O) groups is 1. The van der Waals surface area contributed by atoms with Crippen LogP contribution in [-0.2, 0) is 9.53 Å². The van der Waals surface area contributed by atoms with E-state index in [1.165, 1.54) is 5.57 Å². The van der Waals surface area contributed by atoms with Crippen LogP contribution in [0.2, 0.25) is 0 Å². The average molecular weight is 518 g/mol. The smallest absolute Gasteiger partial charge is 0.293 e. The lowest BCUT2D eigenvalue weighted by molar-refractivity contribution is -0.131. The molecule has 0 fully saturated rings. The Morgan fingerprint density at radius 3 is 2.53 bits per heavy atom. The van der Waals surface area contributed by atoms with Crippen molar-refractivity contribution < 1.29 is 9.53 Å². The fraction of sp³-hybridized carbons (Fsp3) is 0.667. The van der Waals surface area contributed by atoms with Crippen molar-refractivity contribution in [2.45, 2.75) is 106 Å². The molecular weight excluding hydrogens is 466 g/mol. The number of allylic oxidation sites excluding steroid dienone is 2. The molecule has 0 aliphatic carbocycles. The minimum absolute atomic E-state index is 0.0320. The second-order valence-corrected chi connectivity index (χ2v) is 10.8. The first-order valence-electron chi connectivity index (χ1n) is 13.5. The molecule has 36 heavy (non-hydrogen) atoms. The zero-order chi connectivity index (χ0) is 27.7. The summed E-state index contributed by atoms with van der Waals surface area (Å²) in [6.45, 7) is 24.5. The van der Waals surface area contributed by atoms with Gasteiger partial charge in [-0.2, -0.15) is 5.26 Å². The van der Waals surface area contributed by atoms with Crippen LogP contribution >= 0.6 is 11.8 Å². The normalized spacial score (nSPS) is 19.9. The highest BCUT2D eigenvalue weighted by molar-refractivity contribution is 8.02. The van der Waals surface area contributed by atoms with E-state index in [0.717, 1.165) is 42.7 Å². The van der Waals surface area contributed by atoms with Gasteiger partial charge in [-0.1, -0.05) is 58.4 Å². The number of nitrogens with one attached hydrogen (secondary N) is 2. The van der Waals surface area contributed by atoms with Gasteiger partial charge in [0.05, 0.1) is 17.4 Å². The van der Waals surface area contributed by atoms with Crippen molar-refractivity contribution in [2.24, 2.45) is 17.8 Å². The van der Waals surface area contributed by atoms with Crippen molar-refractivity contribution in [1.82, 2.24) is 10.6 Å². The highest BCUT2D eigenvalue weighted by atomic mass is 32.2. The van der Waals surface area contributed by atoms with E-state index in [0.29, 0.717) is 24.2 Å². The Morgan fingerprint density at radius 2 is 2.00 bits per heavy atom. The van der Waals surface area contributed by atoms with Crippen LogP contribution in [0.25, 0.3) is 0 Å². The third-order valence-electron chi connectivity index (χ3n) is 6.74. The summed E-state index contributed by atoms with van der Waals surface area (Å²) in [6.07, 6.45) is 7.64. The molecule has 0 aromatic carbocycles. The lowest BCUT2D eigenvalue weighted by atomic mass is 9.77. The zero-order valence-electron chi connectivity index (χ0n) is 24.2. The number of rotatable bonds is 16. The molecule has 204 valence electrons. The Labute approximate surface area is 225 Å². The number of thioether (sulfide) groups is 1. The van der Waals surface area contributed by atoms with Crippen molar-refractivity contribution in [1.29, 1.82) is 5.26 Å². The Kier molecular flexibility index (Phi) is 18.1. The van der Waals surface area contributed by atoms with Gasteiger partial charge in [-0.3, -0.25) is 4.79 Å². The van der Waals surface area contributed by atoms with Crippen molar-refractivity contribution in [3.63, 3.8) is 0 Å². The molecule has 5 nitrogen and oxygen atoms in total. The number of hydrogen-bond donors (Lipinski definition) is 2. The van der Waals surface area contributed by atoms with Crippen LogP contribution in [0.3, 0.4) is 0 Å². The maximum Gasteiger partial charge on any atom is 0.293 e. The highest BCUT2D eigenvalue weighted by Crippen LogP contribution is 2.31. The SMILES string of the molecule is C=C(C(C)NCC)C(C)C(C#N)C(C)CCC/C(C)=C\CC(OC=O)/C(C)=C/C1=CSC(C)N1.CC. The molecule has 6 unspecified atom stereocenters. The first-order valence-corrected chi connectivity index (χ1v) is 14.5. The predicted octanol–water partition coefficient (Wildman–Crippen LogP) is 7.50. The molecule has 6 heteroatoms. The lowest BCUT2D eigenvalue weighted by Crippen LogP contribution is -2.32. The Balaban J connectivity index is 0.00000596. The van der Waals surface area contributed by atoms with Crippen LogP contribution in [0.5, 0.6) is 0 Å². The van der Waals surface area contributed by atoms with Gasteiger partial charge in [0.1, 0.15) is 6.10 Å². The topological polar surface area (TPSA) is 74.1 Å². The fourth-order valence-electron chi connectivity index (χ4n) is 4.39. The van der Waals surface area contributed by atoms with E-state index in [1.807, 2.05) is 20.8 Å². The summed E-state index contributed by atoms with van der Waals surface area (Å²) in [7, 11) is 0. The summed E-state index contributed by atoms with van der Waals surface area (Å²) in [6, 6.07) is 2.76. The Morgan fingerprint density at radius 1 is 1.33 bits per heavy atom. The minimum Gasteiger partial charge on any atom is -0.460 e. The maximum atomic E-state index is 11.0. The summed E-state index contributed by atoms with van der Waals surface area (Å²) < 4.78 is 5.36. The third kappa shape index (κ3) is 12.3. The largest absolute Gasteiger partial charge is 0.460 e. The number of carbonyl (C=O) groups excluding carboxylic acids is 1. The number of hydrogen-bond acceptors (Lipinski definition) is 6. The summed E-state index contributed by atoms with van der Waals surface area (Å²) in [5.41, 5.74) is 4.48. The summed E-state index contributed by atoms with van der Waals surface area (Å²) in [5.74, 6) is 0.435. The summed E-state index contributed by atoms with van der Waals surface area (Å²) in [4.78, 5) is 11.0. The number of likely N-dealkylation sites (N-methyl/N-ethyl adjacent to an activating group) is 1. The van der Waals surface area contributed by atoms with Gasteiger partial charge >= 0.3 is 0 Å². The van der Waals surface area contributed by atoms with Crippen molar-refractivity contribution in [2.75, 3.05) is 6.54 Å². The molecule has 0 saturated carbocycles. The van der Waals surface area contributed by atoms with Gasteiger partial charge in [-0.15, -0.1) is 11.8 Å². The van der Waals surface area contributed by atoms with Gasteiger partial charge in [0.25, 0.3) is 6.47 Å². The van der Waals surface area contributed by atoms with Crippen LogP contribution in [0.4, 0.5) is 0 Å². The monoisotopic (exact) mass is 517 g/mol. The molecule has 1 rings (SSSR count). The number of nitrogens with zero attached hydrogens (tertiary/aromatic N) is 1. The van der Waals surface area contributed by atoms with Crippen LogP contribution < -0.4 is 10.6 Å². The van der Waals surface area contributed by atoms with Crippen molar-refractivity contribution in [3.8, 4) is 6.07 Å². The average Bonchev–Trinajstić information content (AvgIpc) is 3.27. The van der Waals surface area contributed by atoms with Gasteiger partial charge in [-0.05, 0) is 82.4 Å². The second kappa shape index (κ2) is 19.2. The van der Waals surface area contributed by atoms with E-state index in [1.54, 1.807) is 11.8 Å². The number of ether oxygens (including phenoxy) is 1. The molecule has 1 heterocycles.